The Bertz CT molecular complexity index is 685. The van der Waals surface area contributed by atoms with Gasteiger partial charge in [-0.25, -0.2) is 4.79 Å². The first kappa shape index (κ1) is 13.3. The highest BCUT2D eigenvalue weighted by Crippen LogP contribution is 2.37. The highest BCUT2D eigenvalue weighted by Gasteiger charge is 2.22. The van der Waals surface area contributed by atoms with E-state index < -0.39 is 5.97 Å². The second-order valence-corrected chi connectivity index (χ2v) is 4.90. The summed E-state index contributed by atoms with van der Waals surface area (Å²) in [7, 11) is 0. The van der Waals surface area contributed by atoms with E-state index >= 15 is 0 Å². The van der Waals surface area contributed by atoms with Crippen molar-refractivity contribution in [2.75, 3.05) is 23.8 Å². The van der Waals surface area contributed by atoms with Crippen molar-refractivity contribution in [2.45, 2.75) is 6.42 Å². The third-order valence-electron chi connectivity index (χ3n) is 3.48. The van der Waals surface area contributed by atoms with E-state index in [1.165, 1.54) is 6.07 Å². The fourth-order valence-electron chi connectivity index (χ4n) is 2.54. The van der Waals surface area contributed by atoms with Crippen molar-refractivity contribution in [3.8, 4) is 5.75 Å². The molecule has 3 rings (SSSR count). The summed E-state index contributed by atoms with van der Waals surface area (Å²) in [6.45, 7) is 1.31. The minimum atomic E-state index is -0.986. The van der Waals surface area contributed by atoms with Crippen LogP contribution >= 0.6 is 0 Å². The molecule has 0 atom stereocenters. The predicted molar refractivity (Wildman–Crippen MR) is 81.4 cm³/mol. The second kappa shape index (κ2) is 5.36. The van der Waals surface area contributed by atoms with Crippen molar-refractivity contribution in [3.05, 3.63) is 48.0 Å². The summed E-state index contributed by atoms with van der Waals surface area (Å²) < 4.78 is 5.71. The summed E-state index contributed by atoms with van der Waals surface area (Å²) in [5, 5.41) is 9.43. The number of benzene rings is 2. The Morgan fingerprint density at radius 2 is 2.00 bits per heavy atom. The van der Waals surface area contributed by atoms with Crippen LogP contribution < -0.4 is 15.4 Å². The third-order valence-corrected chi connectivity index (χ3v) is 3.48. The van der Waals surface area contributed by atoms with Crippen LogP contribution in [-0.4, -0.2) is 24.2 Å². The number of ether oxygens (including phenoxy) is 1. The maximum absolute atomic E-state index is 11.5. The van der Waals surface area contributed by atoms with Crippen LogP contribution in [0.3, 0.4) is 0 Å². The van der Waals surface area contributed by atoms with Gasteiger partial charge in [0.15, 0.2) is 0 Å². The van der Waals surface area contributed by atoms with Crippen LogP contribution in [0.5, 0.6) is 5.75 Å². The molecule has 108 valence electrons. The predicted octanol–water partition coefficient (Wildman–Crippen LogP) is 2.89. The molecule has 5 heteroatoms. The molecule has 0 spiro atoms. The van der Waals surface area contributed by atoms with Crippen molar-refractivity contribution in [2.24, 2.45) is 0 Å². The van der Waals surface area contributed by atoms with Crippen LogP contribution in [0.2, 0.25) is 0 Å². The minimum absolute atomic E-state index is 0.201. The first-order valence-electron chi connectivity index (χ1n) is 6.79. The first-order valence-corrected chi connectivity index (χ1v) is 6.79. The number of hydrogen-bond acceptors (Lipinski definition) is 4. The van der Waals surface area contributed by atoms with E-state index in [1.54, 1.807) is 12.1 Å². The Balaban J connectivity index is 2.14. The minimum Gasteiger partial charge on any atom is -0.491 e. The molecule has 2 aromatic carbocycles. The lowest BCUT2D eigenvalue weighted by atomic mass is 10.1. The molecule has 0 fully saturated rings. The van der Waals surface area contributed by atoms with Gasteiger partial charge in [-0.2, -0.15) is 0 Å². The molecule has 0 aromatic heterocycles. The Kier molecular flexibility index (Phi) is 3.39. The van der Waals surface area contributed by atoms with Crippen molar-refractivity contribution < 1.29 is 14.6 Å². The van der Waals surface area contributed by atoms with Gasteiger partial charge in [-0.3, -0.25) is 0 Å². The lowest BCUT2D eigenvalue weighted by Gasteiger charge is -2.25. The SMILES string of the molecule is Nc1ccc(N2CCCOc3ccccc32)c(C(=O)O)c1. The lowest BCUT2D eigenvalue weighted by Crippen LogP contribution is -2.20. The molecule has 3 N–H and O–H groups in total. The average Bonchev–Trinajstić information content (AvgIpc) is 2.69. The standard InChI is InChI=1S/C16H16N2O3/c17-11-6-7-13(12(10-11)16(19)20)18-8-3-9-21-15-5-2-1-4-14(15)18/h1-2,4-7,10H,3,8-9,17H2,(H,19,20). The molecular weight excluding hydrogens is 268 g/mol. The molecule has 5 nitrogen and oxygen atoms in total. The molecule has 1 aliphatic rings. The second-order valence-electron chi connectivity index (χ2n) is 4.90. The largest absolute Gasteiger partial charge is 0.491 e. The summed E-state index contributed by atoms with van der Waals surface area (Å²) in [5.74, 6) is -0.219. The van der Waals surface area contributed by atoms with Crippen LogP contribution in [0.4, 0.5) is 17.1 Å². The van der Waals surface area contributed by atoms with E-state index in [9.17, 15) is 9.90 Å². The monoisotopic (exact) mass is 284 g/mol. The number of aromatic carboxylic acids is 1. The van der Waals surface area contributed by atoms with Crippen LogP contribution in [0.1, 0.15) is 16.8 Å². The molecule has 0 bridgehead atoms. The Labute approximate surface area is 122 Å². The van der Waals surface area contributed by atoms with Gasteiger partial charge in [0.1, 0.15) is 5.75 Å². The van der Waals surface area contributed by atoms with Crippen molar-refractivity contribution in [1.82, 2.24) is 0 Å². The lowest BCUT2D eigenvalue weighted by molar-refractivity contribution is 0.0697. The maximum atomic E-state index is 11.5. The number of anilines is 3. The summed E-state index contributed by atoms with van der Waals surface area (Å²) in [6.07, 6.45) is 0.818. The molecule has 0 amide bonds. The summed E-state index contributed by atoms with van der Waals surface area (Å²) in [4.78, 5) is 13.5. The number of para-hydroxylation sites is 2. The number of carbonyl (C=O) groups is 1. The van der Waals surface area contributed by atoms with Gasteiger partial charge in [0.2, 0.25) is 0 Å². The Morgan fingerprint density at radius 3 is 2.81 bits per heavy atom. The quantitative estimate of drug-likeness (QED) is 0.829. The number of nitrogens with zero attached hydrogens (tertiary/aromatic N) is 1. The number of fused-ring (bicyclic) bond motifs is 1. The van der Waals surface area contributed by atoms with Crippen molar-refractivity contribution >= 4 is 23.0 Å². The topological polar surface area (TPSA) is 75.8 Å². The van der Waals surface area contributed by atoms with Crippen LogP contribution in [-0.2, 0) is 0 Å². The molecule has 0 unspecified atom stereocenters. The van der Waals surface area contributed by atoms with Crippen molar-refractivity contribution in [3.63, 3.8) is 0 Å². The first-order chi connectivity index (χ1) is 10.2. The van der Waals surface area contributed by atoms with E-state index in [-0.39, 0.29) is 5.56 Å². The molecule has 0 radical (unpaired) electrons. The zero-order valence-corrected chi connectivity index (χ0v) is 11.5. The Morgan fingerprint density at radius 1 is 1.19 bits per heavy atom. The number of hydrogen-bond donors (Lipinski definition) is 2. The number of carboxylic acid groups (broad SMARTS) is 1. The van der Waals surface area contributed by atoms with Gasteiger partial charge in [0.25, 0.3) is 0 Å². The van der Waals surface area contributed by atoms with Gasteiger partial charge in [-0.15, -0.1) is 0 Å². The highest BCUT2D eigenvalue weighted by molar-refractivity contribution is 5.97. The summed E-state index contributed by atoms with van der Waals surface area (Å²) in [6, 6.07) is 12.6. The normalized spacial score (nSPS) is 14.0. The smallest absolute Gasteiger partial charge is 0.337 e. The van der Waals surface area contributed by atoms with E-state index in [2.05, 4.69) is 0 Å². The zero-order valence-electron chi connectivity index (χ0n) is 11.5. The van der Waals surface area contributed by atoms with Crippen molar-refractivity contribution in [1.29, 1.82) is 0 Å². The molecule has 0 aliphatic carbocycles. The van der Waals surface area contributed by atoms with Gasteiger partial charge in [0.05, 0.1) is 23.5 Å². The van der Waals surface area contributed by atoms with E-state index in [0.29, 0.717) is 24.5 Å². The van der Waals surface area contributed by atoms with Gasteiger partial charge in [-0.1, -0.05) is 12.1 Å². The van der Waals surface area contributed by atoms with Gasteiger partial charge >= 0.3 is 5.97 Å². The Hall–Kier alpha value is -2.69. The molecule has 0 saturated heterocycles. The molecular formula is C16H16N2O3. The van der Waals surface area contributed by atoms with E-state index in [4.69, 9.17) is 10.5 Å². The van der Waals surface area contributed by atoms with Crippen LogP contribution in [0.15, 0.2) is 42.5 Å². The maximum Gasteiger partial charge on any atom is 0.337 e. The van der Waals surface area contributed by atoms with E-state index in [1.807, 2.05) is 29.2 Å². The molecule has 2 aromatic rings. The number of carboxylic acids is 1. The summed E-state index contributed by atoms with van der Waals surface area (Å²) >= 11 is 0. The average molecular weight is 284 g/mol. The number of nitrogen functional groups attached to an aromatic ring is 1. The highest BCUT2D eigenvalue weighted by atomic mass is 16.5. The van der Waals surface area contributed by atoms with Crippen LogP contribution in [0.25, 0.3) is 0 Å². The molecule has 0 saturated carbocycles. The van der Waals surface area contributed by atoms with Crippen LogP contribution in [0, 0.1) is 0 Å². The fourth-order valence-corrected chi connectivity index (χ4v) is 2.54. The van der Waals surface area contributed by atoms with Gasteiger partial charge < -0.3 is 20.5 Å². The number of rotatable bonds is 2. The number of nitrogens with two attached hydrogens (primary N) is 1. The summed E-state index contributed by atoms with van der Waals surface area (Å²) in [5.41, 5.74) is 7.87. The molecule has 21 heavy (non-hydrogen) atoms. The molecule has 1 aliphatic heterocycles. The zero-order chi connectivity index (χ0) is 14.8. The van der Waals surface area contributed by atoms with Gasteiger partial charge in [0, 0.05) is 12.2 Å². The van der Waals surface area contributed by atoms with Gasteiger partial charge in [-0.05, 0) is 36.8 Å². The fraction of sp³-hybridized carbons (Fsp3) is 0.188. The molecule has 1 heterocycles. The van der Waals surface area contributed by atoms with E-state index in [0.717, 1.165) is 17.9 Å². The third kappa shape index (κ3) is 2.50.